The lowest BCUT2D eigenvalue weighted by Crippen LogP contribution is -2.25. The highest BCUT2D eigenvalue weighted by Gasteiger charge is 2.16. The van der Waals surface area contributed by atoms with E-state index in [4.69, 9.17) is 0 Å². The van der Waals surface area contributed by atoms with Gasteiger partial charge in [0.15, 0.2) is 0 Å². The summed E-state index contributed by atoms with van der Waals surface area (Å²) in [6, 6.07) is 20.7. The van der Waals surface area contributed by atoms with Crippen molar-refractivity contribution in [3.05, 3.63) is 95.8 Å². The molecule has 2 N–H and O–H groups in total. The SMILES string of the molecule is O=C(NCc1ccccc1)c1cccc(S(=O)(=O)NCc2ccccn2)c1. The Balaban J connectivity index is 1.67. The van der Waals surface area contributed by atoms with Crippen molar-refractivity contribution in [2.75, 3.05) is 0 Å². The Bertz CT molecular complexity index is 1010. The Morgan fingerprint density at radius 2 is 1.67 bits per heavy atom. The van der Waals surface area contributed by atoms with Crippen molar-refractivity contribution in [3.63, 3.8) is 0 Å². The Kier molecular flexibility index (Phi) is 5.95. The first kappa shape index (κ1) is 18.8. The summed E-state index contributed by atoms with van der Waals surface area (Å²) in [6.45, 7) is 0.447. The van der Waals surface area contributed by atoms with E-state index in [1.807, 2.05) is 30.3 Å². The number of pyridine rings is 1. The van der Waals surface area contributed by atoms with Crippen LogP contribution >= 0.6 is 0 Å². The van der Waals surface area contributed by atoms with Crippen molar-refractivity contribution in [1.82, 2.24) is 15.0 Å². The molecule has 0 spiro atoms. The third kappa shape index (κ3) is 5.22. The van der Waals surface area contributed by atoms with Gasteiger partial charge in [-0.25, -0.2) is 13.1 Å². The number of benzene rings is 2. The number of nitrogens with zero attached hydrogens (tertiary/aromatic N) is 1. The van der Waals surface area contributed by atoms with Crippen molar-refractivity contribution < 1.29 is 13.2 Å². The van der Waals surface area contributed by atoms with E-state index in [0.29, 0.717) is 12.2 Å². The normalized spacial score (nSPS) is 11.1. The lowest BCUT2D eigenvalue weighted by Gasteiger charge is -2.09. The molecule has 1 heterocycles. The van der Waals surface area contributed by atoms with Crippen LogP contribution in [0.1, 0.15) is 21.6 Å². The first-order chi connectivity index (χ1) is 13.0. The van der Waals surface area contributed by atoms with Gasteiger partial charge in [0.2, 0.25) is 10.0 Å². The largest absolute Gasteiger partial charge is 0.348 e. The minimum Gasteiger partial charge on any atom is -0.348 e. The van der Waals surface area contributed by atoms with Crippen LogP contribution in [0.15, 0.2) is 83.9 Å². The third-order valence-corrected chi connectivity index (χ3v) is 5.27. The van der Waals surface area contributed by atoms with Crippen LogP contribution in [0.3, 0.4) is 0 Å². The summed E-state index contributed by atoms with van der Waals surface area (Å²) in [5.74, 6) is -0.333. The zero-order chi connectivity index (χ0) is 19.1. The van der Waals surface area contributed by atoms with Gasteiger partial charge in [0, 0.05) is 18.3 Å². The molecule has 0 fully saturated rings. The number of hydrogen-bond donors (Lipinski definition) is 2. The van der Waals surface area contributed by atoms with Crippen LogP contribution in [0.2, 0.25) is 0 Å². The van der Waals surface area contributed by atoms with Crippen LogP contribution in [0.25, 0.3) is 0 Å². The summed E-state index contributed by atoms with van der Waals surface area (Å²) in [7, 11) is -3.75. The van der Waals surface area contributed by atoms with E-state index in [1.54, 1.807) is 36.5 Å². The Labute approximate surface area is 158 Å². The van der Waals surface area contributed by atoms with Crippen molar-refractivity contribution in [2.45, 2.75) is 18.0 Å². The standard InChI is InChI=1S/C20H19N3O3S/c24-20(22-14-16-7-2-1-3-8-16)17-9-6-11-19(13-17)27(25,26)23-15-18-10-4-5-12-21-18/h1-13,23H,14-15H2,(H,22,24). The molecule has 0 bridgehead atoms. The molecule has 1 amide bonds. The molecule has 0 saturated heterocycles. The second-order valence-electron chi connectivity index (χ2n) is 5.84. The summed E-state index contributed by atoms with van der Waals surface area (Å²) in [4.78, 5) is 16.5. The predicted molar refractivity (Wildman–Crippen MR) is 102 cm³/mol. The summed E-state index contributed by atoms with van der Waals surface area (Å²) >= 11 is 0. The smallest absolute Gasteiger partial charge is 0.251 e. The Morgan fingerprint density at radius 1 is 0.889 bits per heavy atom. The molecule has 7 heteroatoms. The number of aromatic nitrogens is 1. The Morgan fingerprint density at radius 3 is 2.41 bits per heavy atom. The number of rotatable bonds is 7. The van der Waals surface area contributed by atoms with Crippen molar-refractivity contribution in [1.29, 1.82) is 0 Å². The summed E-state index contributed by atoms with van der Waals surface area (Å²) < 4.78 is 27.5. The fourth-order valence-corrected chi connectivity index (χ4v) is 3.48. The maximum absolute atomic E-state index is 12.5. The zero-order valence-corrected chi connectivity index (χ0v) is 15.3. The van der Waals surface area contributed by atoms with E-state index < -0.39 is 10.0 Å². The number of carbonyl (C=O) groups excluding carboxylic acids is 1. The molecule has 3 aromatic rings. The fourth-order valence-electron chi connectivity index (χ4n) is 2.44. The van der Waals surface area contributed by atoms with Crippen LogP contribution in [-0.2, 0) is 23.1 Å². The molecule has 138 valence electrons. The second kappa shape index (κ2) is 8.57. The van der Waals surface area contributed by atoms with Crippen LogP contribution in [0.5, 0.6) is 0 Å². The highest BCUT2D eigenvalue weighted by Crippen LogP contribution is 2.12. The quantitative estimate of drug-likeness (QED) is 0.658. The molecular formula is C20H19N3O3S. The first-order valence-corrected chi connectivity index (χ1v) is 9.85. The lowest BCUT2D eigenvalue weighted by atomic mass is 10.2. The molecular weight excluding hydrogens is 362 g/mol. The molecule has 0 aliphatic heterocycles. The zero-order valence-electron chi connectivity index (χ0n) is 14.5. The van der Waals surface area contributed by atoms with Gasteiger partial charge in [-0.05, 0) is 35.9 Å². The van der Waals surface area contributed by atoms with Gasteiger partial charge in [-0.15, -0.1) is 0 Å². The van der Waals surface area contributed by atoms with E-state index in [1.165, 1.54) is 12.1 Å². The molecule has 3 rings (SSSR count). The topological polar surface area (TPSA) is 88.2 Å². The fraction of sp³-hybridized carbons (Fsp3) is 0.100. The summed E-state index contributed by atoms with van der Waals surface area (Å²) in [5, 5.41) is 2.79. The van der Waals surface area contributed by atoms with Gasteiger partial charge in [-0.3, -0.25) is 9.78 Å². The Hall–Kier alpha value is -3.03. The molecule has 1 aromatic heterocycles. The molecule has 0 atom stereocenters. The average molecular weight is 381 g/mol. The molecule has 0 aliphatic carbocycles. The number of nitrogens with one attached hydrogen (secondary N) is 2. The van der Waals surface area contributed by atoms with E-state index in [0.717, 1.165) is 5.56 Å². The average Bonchev–Trinajstić information content (AvgIpc) is 2.72. The number of sulfonamides is 1. The second-order valence-corrected chi connectivity index (χ2v) is 7.61. The molecule has 27 heavy (non-hydrogen) atoms. The highest BCUT2D eigenvalue weighted by atomic mass is 32.2. The number of hydrogen-bond acceptors (Lipinski definition) is 4. The molecule has 2 aromatic carbocycles. The van der Waals surface area contributed by atoms with Gasteiger partial charge < -0.3 is 5.32 Å². The van der Waals surface area contributed by atoms with Crippen molar-refractivity contribution in [3.8, 4) is 0 Å². The number of carbonyl (C=O) groups is 1. The summed E-state index contributed by atoms with van der Waals surface area (Å²) in [6.07, 6.45) is 1.60. The van der Waals surface area contributed by atoms with Crippen LogP contribution in [0, 0.1) is 0 Å². The maximum atomic E-state index is 12.5. The van der Waals surface area contributed by atoms with E-state index >= 15 is 0 Å². The van der Waals surface area contributed by atoms with Crippen molar-refractivity contribution in [2.24, 2.45) is 0 Å². The van der Waals surface area contributed by atoms with Gasteiger partial charge >= 0.3 is 0 Å². The monoisotopic (exact) mass is 381 g/mol. The lowest BCUT2D eigenvalue weighted by molar-refractivity contribution is 0.0950. The van der Waals surface area contributed by atoms with E-state index in [9.17, 15) is 13.2 Å². The van der Waals surface area contributed by atoms with E-state index in [-0.39, 0.29) is 22.9 Å². The molecule has 0 unspecified atom stereocenters. The van der Waals surface area contributed by atoms with Crippen LogP contribution in [0.4, 0.5) is 0 Å². The van der Waals surface area contributed by atoms with Gasteiger partial charge in [0.25, 0.3) is 5.91 Å². The minimum atomic E-state index is -3.75. The maximum Gasteiger partial charge on any atom is 0.251 e. The molecule has 0 aliphatic rings. The van der Waals surface area contributed by atoms with Crippen LogP contribution in [-0.4, -0.2) is 19.3 Å². The van der Waals surface area contributed by atoms with E-state index in [2.05, 4.69) is 15.0 Å². The van der Waals surface area contributed by atoms with Gasteiger partial charge in [0.1, 0.15) is 0 Å². The summed E-state index contributed by atoms with van der Waals surface area (Å²) in [5.41, 5.74) is 1.86. The first-order valence-electron chi connectivity index (χ1n) is 8.36. The van der Waals surface area contributed by atoms with Crippen molar-refractivity contribution >= 4 is 15.9 Å². The highest BCUT2D eigenvalue weighted by molar-refractivity contribution is 7.89. The number of amides is 1. The predicted octanol–water partition coefficient (Wildman–Crippen LogP) is 2.49. The van der Waals surface area contributed by atoms with Gasteiger partial charge in [-0.2, -0.15) is 0 Å². The third-order valence-electron chi connectivity index (χ3n) is 3.87. The molecule has 0 saturated carbocycles. The molecule has 6 nitrogen and oxygen atoms in total. The van der Waals surface area contributed by atoms with Crippen LogP contribution < -0.4 is 10.0 Å². The molecule has 0 radical (unpaired) electrons. The van der Waals surface area contributed by atoms with Gasteiger partial charge in [-0.1, -0.05) is 42.5 Å². The minimum absolute atomic E-state index is 0.0331. The van der Waals surface area contributed by atoms with Gasteiger partial charge in [0.05, 0.1) is 17.1 Å².